The predicted molar refractivity (Wildman–Crippen MR) is 124 cm³/mol. The van der Waals surface area contributed by atoms with Crippen molar-refractivity contribution in [2.45, 2.75) is 52.1 Å². The molecule has 4 amide bonds. The SMILES string of the molecule is CCCNC(=O)[C@@H](C)N(Cc1cccc(Br)c1)C(=O)CCN1C(=O)[C@H]2CC=CC[C@H]2C1=O. The average molecular weight is 504 g/mol. The molecular weight excluding hydrogens is 474 g/mol. The van der Waals surface area contributed by atoms with Crippen LogP contribution in [0, 0.1) is 11.8 Å². The number of likely N-dealkylation sites (tertiary alicyclic amines) is 1. The molecule has 1 heterocycles. The number of rotatable bonds is 9. The summed E-state index contributed by atoms with van der Waals surface area (Å²) in [5.74, 6) is -1.48. The third-order valence-electron chi connectivity index (χ3n) is 6.11. The Labute approximate surface area is 197 Å². The molecule has 0 saturated carbocycles. The van der Waals surface area contributed by atoms with Gasteiger partial charge in [0.1, 0.15) is 6.04 Å². The van der Waals surface area contributed by atoms with Gasteiger partial charge in [-0.1, -0.05) is 47.1 Å². The van der Waals surface area contributed by atoms with Crippen LogP contribution in [-0.2, 0) is 25.7 Å². The van der Waals surface area contributed by atoms with Gasteiger partial charge in [0.15, 0.2) is 0 Å². The van der Waals surface area contributed by atoms with Crippen LogP contribution in [0.15, 0.2) is 40.9 Å². The molecule has 1 aromatic rings. The van der Waals surface area contributed by atoms with E-state index < -0.39 is 6.04 Å². The van der Waals surface area contributed by atoms with Crippen molar-refractivity contribution in [1.82, 2.24) is 15.1 Å². The zero-order chi connectivity index (χ0) is 23.3. The highest BCUT2D eigenvalue weighted by Gasteiger charge is 2.47. The number of halogens is 1. The van der Waals surface area contributed by atoms with Gasteiger partial charge < -0.3 is 10.2 Å². The summed E-state index contributed by atoms with van der Waals surface area (Å²) < 4.78 is 0.884. The number of allylic oxidation sites excluding steroid dienone is 2. The molecule has 172 valence electrons. The first-order valence-electron chi connectivity index (χ1n) is 11.1. The van der Waals surface area contributed by atoms with Crippen molar-refractivity contribution in [1.29, 1.82) is 0 Å². The van der Waals surface area contributed by atoms with Crippen LogP contribution >= 0.6 is 15.9 Å². The molecule has 0 radical (unpaired) electrons. The lowest BCUT2D eigenvalue weighted by Crippen LogP contribution is -2.48. The summed E-state index contributed by atoms with van der Waals surface area (Å²) in [6, 6.07) is 6.90. The zero-order valence-electron chi connectivity index (χ0n) is 18.6. The number of carbonyl (C=O) groups is 4. The predicted octanol–water partition coefficient (Wildman–Crippen LogP) is 3.03. The Morgan fingerprint density at radius 1 is 1.19 bits per heavy atom. The molecule has 0 unspecified atom stereocenters. The fraction of sp³-hybridized carbons (Fsp3) is 0.500. The molecule has 7 nitrogen and oxygen atoms in total. The Kier molecular flexibility index (Phi) is 8.23. The molecule has 1 aliphatic carbocycles. The summed E-state index contributed by atoms with van der Waals surface area (Å²) in [5.41, 5.74) is 0.883. The highest BCUT2D eigenvalue weighted by atomic mass is 79.9. The molecule has 3 atom stereocenters. The fourth-order valence-electron chi connectivity index (χ4n) is 4.25. The first-order valence-corrected chi connectivity index (χ1v) is 11.9. The van der Waals surface area contributed by atoms with Gasteiger partial charge in [-0.3, -0.25) is 24.1 Å². The third-order valence-corrected chi connectivity index (χ3v) is 6.60. The Balaban J connectivity index is 1.70. The van der Waals surface area contributed by atoms with Crippen LogP contribution < -0.4 is 5.32 Å². The molecule has 8 heteroatoms. The van der Waals surface area contributed by atoms with Crippen molar-refractivity contribution in [2.75, 3.05) is 13.1 Å². The van der Waals surface area contributed by atoms with Crippen LogP contribution in [0.25, 0.3) is 0 Å². The first kappa shape index (κ1) is 24.2. The van der Waals surface area contributed by atoms with Crippen LogP contribution in [0.3, 0.4) is 0 Å². The molecular formula is C24H30BrN3O4. The summed E-state index contributed by atoms with van der Waals surface area (Å²) in [6.07, 6.45) is 5.82. The number of amides is 4. The lowest BCUT2D eigenvalue weighted by molar-refractivity contribution is -0.143. The standard InChI is InChI=1S/C24H30BrN3O4/c1-3-12-26-22(30)16(2)28(15-17-7-6-8-18(25)14-17)21(29)11-13-27-23(31)19-9-4-5-10-20(19)24(27)32/h4-8,14,16,19-20H,3,9-13,15H2,1-2H3,(H,26,30)/t16-,19-,20+/m1/s1. The second-order valence-electron chi connectivity index (χ2n) is 8.35. The molecule has 0 aromatic heterocycles. The van der Waals surface area contributed by atoms with E-state index in [4.69, 9.17) is 0 Å². The lowest BCUT2D eigenvalue weighted by atomic mass is 9.85. The second-order valence-corrected chi connectivity index (χ2v) is 9.27. The van der Waals surface area contributed by atoms with E-state index >= 15 is 0 Å². The van der Waals surface area contributed by atoms with Crippen molar-refractivity contribution in [3.8, 4) is 0 Å². The highest BCUT2D eigenvalue weighted by molar-refractivity contribution is 9.10. The van der Waals surface area contributed by atoms with Crippen LogP contribution in [0.4, 0.5) is 0 Å². The maximum absolute atomic E-state index is 13.2. The lowest BCUT2D eigenvalue weighted by Gasteiger charge is -2.29. The van der Waals surface area contributed by atoms with Crippen LogP contribution in [0.1, 0.15) is 45.1 Å². The summed E-state index contributed by atoms with van der Waals surface area (Å²) in [4.78, 5) is 54.0. The van der Waals surface area contributed by atoms with Gasteiger partial charge >= 0.3 is 0 Å². The molecule has 1 saturated heterocycles. The number of nitrogens with one attached hydrogen (secondary N) is 1. The fourth-order valence-corrected chi connectivity index (χ4v) is 4.70. The number of carbonyl (C=O) groups excluding carboxylic acids is 4. The minimum Gasteiger partial charge on any atom is -0.354 e. The third kappa shape index (κ3) is 5.46. The van der Waals surface area contributed by atoms with Crippen molar-refractivity contribution in [3.63, 3.8) is 0 Å². The van der Waals surface area contributed by atoms with E-state index in [9.17, 15) is 19.2 Å². The Hall–Kier alpha value is -2.48. The molecule has 0 bridgehead atoms. The summed E-state index contributed by atoms with van der Waals surface area (Å²) >= 11 is 3.44. The molecule has 32 heavy (non-hydrogen) atoms. The van der Waals surface area contributed by atoms with Gasteiger partial charge in [-0.25, -0.2) is 0 Å². The van der Waals surface area contributed by atoms with E-state index in [1.54, 1.807) is 6.92 Å². The van der Waals surface area contributed by atoms with Gasteiger partial charge in [0.2, 0.25) is 23.6 Å². The van der Waals surface area contributed by atoms with Gasteiger partial charge in [0.25, 0.3) is 0 Å². The van der Waals surface area contributed by atoms with E-state index in [0.717, 1.165) is 16.5 Å². The second kappa shape index (κ2) is 10.9. The Morgan fingerprint density at radius 2 is 1.84 bits per heavy atom. The largest absolute Gasteiger partial charge is 0.354 e. The minimum atomic E-state index is -0.676. The summed E-state index contributed by atoms with van der Waals surface area (Å²) in [6.45, 7) is 4.51. The van der Waals surface area contributed by atoms with Crippen LogP contribution in [0.2, 0.25) is 0 Å². The van der Waals surface area contributed by atoms with Crippen molar-refractivity contribution in [3.05, 3.63) is 46.5 Å². The van der Waals surface area contributed by atoms with Crippen LogP contribution in [-0.4, -0.2) is 52.6 Å². The van der Waals surface area contributed by atoms with Gasteiger partial charge in [-0.2, -0.15) is 0 Å². The number of nitrogens with zero attached hydrogens (tertiary/aromatic N) is 2. The van der Waals surface area contributed by atoms with Crippen molar-refractivity contribution < 1.29 is 19.2 Å². The maximum Gasteiger partial charge on any atom is 0.242 e. The zero-order valence-corrected chi connectivity index (χ0v) is 20.1. The Bertz CT molecular complexity index is 890. The summed E-state index contributed by atoms with van der Waals surface area (Å²) in [7, 11) is 0. The monoisotopic (exact) mass is 503 g/mol. The number of hydrogen-bond acceptors (Lipinski definition) is 4. The van der Waals surface area contributed by atoms with E-state index in [1.165, 1.54) is 9.80 Å². The van der Waals surface area contributed by atoms with Crippen LogP contribution in [0.5, 0.6) is 0 Å². The van der Waals surface area contributed by atoms with Gasteiger partial charge in [-0.05, 0) is 43.9 Å². The van der Waals surface area contributed by atoms with Gasteiger partial charge in [0, 0.05) is 30.5 Å². The molecule has 3 rings (SSSR count). The smallest absolute Gasteiger partial charge is 0.242 e. The van der Waals surface area contributed by atoms with E-state index in [2.05, 4.69) is 21.2 Å². The molecule has 1 fully saturated rings. The normalized spacial score (nSPS) is 20.8. The van der Waals surface area contributed by atoms with Crippen molar-refractivity contribution in [2.24, 2.45) is 11.8 Å². The highest BCUT2D eigenvalue weighted by Crippen LogP contribution is 2.35. The minimum absolute atomic E-state index is 0.0102. The Morgan fingerprint density at radius 3 is 2.44 bits per heavy atom. The van der Waals surface area contributed by atoms with E-state index in [1.807, 2.05) is 43.3 Å². The summed E-state index contributed by atoms with van der Waals surface area (Å²) in [5, 5.41) is 2.84. The molecule has 0 spiro atoms. The number of benzene rings is 1. The number of imide groups is 1. The molecule has 2 aliphatic rings. The average Bonchev–Trinajstić information content (AvgIpc) is 3.03. The first-order chi connectivity index (χ1) is 15.3. The van der Waals surface area contributed by atoms with Gasteiger partial charge in [0.05, 0.1) is 11.8 Å². The number of hydrogen-bond donors (Lipinski definition) is 1. The molecule has 1 N–H and O–H groups in total. The van der Waals surface area contributed by atoms with Crippen molar-refractivity contribution >= 4 is 39.6 Å². The number of fused-ring (bicyclic) bond motifs is 1. The quantitative estimate of drug-likeness (QED) is 0.414. The topological polar surface area (TPSA) is 86.8 Å². The van der Waals surface area contributed by atoms with Gasteiger partial charge in [-0.15, -0.1) is 0 Å². The molecule has 1 aliphatic heterocycles. The van der Waals surface area contributed by atoms with E-state index in [-0.39, 0.29) is 55.0 Å². The van der Waals surface area contributed by atoms with E-state index in [0.29, 0.717) is 19.4 Å². The maximum atomic E-state index is 13.2. The molecule has 1 aromatic carbocycles.